The first-order chi connectivity index (χ1) is 14.3. The van der Waals surface area contributed by atoms with Crippen LogP contribution >= 0.6 is 22.9 Å². The minimum Gasteiger partial charge on any atom is -0.477 e. The van der Waals surface area contributed by atoms with Gasteiger partial charge in [-0.25, -0.2) is 9.18 Å². The van der Waals surface area contributed by atoms with Crippen molar-refractivity contribution >= 4 is 52.1 Å². The second-order valence-corrected chi connectivity index (χ2v) is 8.55. The molecular formula is C21H12ClFN2O4S. The molecule has 0 saturated heterocycles. The molecule has 0 aliphatic carbocycles. The van der Waals surface area contributed by atoms with Gasteiger partial charge in [0.25, 0.3) is 0 Å². The van der Waals surface area contributed by atoms with E-state index >= 15 is 0 Å². The third-order valence-corrected chi connectivity index (χ3v) is 6.98. The number of anilines is 2. The van der Waals surface area contributed by atoms with Crippen molar-refractivity contribution in [2.75, 3.05) is 10.6 Å². The maximum atomic E-state index is 13.7. The third kappa shape index (κ3) is 2.50. The molecule has 3 aromatic rings. The van der Waals surface area contributed by atoms with E-state index in [2.05, 4.69) is 10.6 Å². The number of nitrogens with one attached hydrogen (secondary N) is 2. The zero-order chi connectivity index (χ0) is 21.2. The predicted octanol–water partition coefficient (Wildman–Crippen LogP) is 4.49. The molecule has 2 aliphatic heterocycles. The third-order valence-electron chi connectivity index (χ3n) is 5.39. The zero-order valence-corrected chi connectivity index (χ0v) is 16.7. The summed E-state index contributed by atoms with van der Waals surface area (Å²) < 4.78 is 13.7. The number of hydrogen-bond donors (Lipinski definition) is 3. The van der Waals surface area contributed by atoms with Crippen LogP contribution in [0.1, 0.15) is 26.5 Å². The number of carboxylic acid groups (broad SMARTS) is 1. The number of hydrogen-bond acceptors (Lipinski definition) is 4. The van der Waals surface area contributed by atoms with Crippen molar-refractivity contribution in [1.82, 2.24) is 0 Å². The van der Waals surface area contributed by atoms with Gasteiger partial charge in [0.05, 0.1) is 17.0 Å². The smallest absolute Gasteiger partial charge is 0.346 e. The Morgan fingerprint density at radius 2 is 1.87 bits per heavy atom. The van der Waals surface area contributed by atoms with Gasteiger partial charge in [-0.2, -0.15) is 0 Å². The molecule has 0 radical (unpaired) electrons. The maximum Gasteiger partial charge on any atom is 0.346 e. The van der Waals surface area contributed by atoms with Crippen LogP contribution in [0.15, 0.2) is 42.5 Å². The lowest BCUT2D eigenvalue weighted by Crippen LogP contribution is -2.42. The predicted molar refractivity (Wildman–Crippen MR) is 111 cm³/mol. The molecular weight excluding hydrogens is 431 g/mol. The molecule has 0 fully saturated rings. The van der Waals surface area contributed by atoms with E-state index in [4.69, 9.17) is 11.6 Å². The fourth-order valence-electron chi connectivity index (χ4n) is 4.14. The Kier molecular flexibility index (Phi) is 4.00. The highest BCUT2D eigenvalue weighted by atomic mass is 35.5. The van der Waals surface area contributed by atoms with Gasteiger partial charge in [0.2, 0.25) is 11.8 Å². The number of carbonyl (C=O) groups excluding carboxylic acids is 2. The summed E-state index contributed by atoms with van der Waals surface area (Å²) in [6.07, 6.45) is -0.204. The zero-order valence-electron chi connectivity index (χ0n) is 15.1. The van der Waals surface area contributed by atoms with Crippen molar-refractivity contribution in [1.29, 1.82) is 0 Å². The lowest BCUT2D eigenvalue weighted by Gasteiger charge is -2.31. The van der Waals surface area contributed by atoms with Gasteiger partial charge in [0.15, 0.2) is 0 Å². The number of carboxylic acids is 1. The number of aromatic carboxylic acids is 1. The summed E-state index contributed by atoms with van der Waals surface area (Å²) in [5, 5.41) is 15.7. The van der Waals surface area contributed by atoms with Gasteiger partial charge >= 0.3 is 5.97 Å². The molecule has 0 bridgehead atoms. The first kappa shape index (κ1) is 18.8. The highest BCUT2D eigenvalue weighted by Gasteiger charge is 2.55. The van der Waals surface area contributed by atoms with E-state index in [1.807, 2.05) is 0 Å². The minimum atomic E-state index is -1.42. The highest BCUT2D eigenvalue weighted by molar-refractivity contribution is 7.15. The minimum absolute atomic E-state index is 0.00717. The van der Waals surface area contributed by atoms with Crippen LogP contribution < -0.4 is 10.6 Å². The first-order valence-electron chi connectivity index (χ1n) is 8.89. The molecule has 2 aliphatic rings. The van der Waals surface area contributed by atoms with Gasteiger partial charge in [0, 0.05) is 16.3 Å². The van der Waals surface area contributed by atoms with Crippen molar-refractivity contribution in [3.8, 4) is 11.1 Å². The van der Waals surface area contributed by atoms with Gasteiger partial charge in [-0.15, -0.1) is 11.3 Å². The van der Waals surface area contributed by atoms with Crippen LogP contribution in [-0.4, -0.2) is 22.9 Å². The Hall–Kier alpha value is -3.23. The first-order valence-corrected chi connectivity index (χ1v) is 10.1. The molecule has 1 atom stereocenters. The van der Waals surface area contributed by atoms with E-state index in [9.17, 15) is 23.9 Å². The van der Waals surface area contributed by atoms with E-state index in [0.29, 0.717) is 26.6 Å². The number of fused-ring (bicyclic) bond motifs is 4. The molecule has 5 rings (SSSR count). The largest absolute Gasteiger partial charge is 0.477 e. The summed E-state index contributed by atoms with van der Waals surface area (Å²) in [5.41, 5.74) is 0.452. The van der Waals surface area contributed by atoms with E-state index in [1.165, 1.54) is 18.2 Å². The normalized spacial score (nSPS) is 19.3. The average molecular weight is 443 g/mol. The van der Waals surface area contributed by atoms with Crippen LogP contribution in [-0.2, 0) is 15.0 Å². The van der Waals surface area contributed by atoms with Gasteiger partial charge in [-0.05, 0) is 35.4 Å². The van der Waals surface area contributed by atoms with Crippen LogP contribution in [0.5, 0.6) is 0 Å². The Balaban J connectivity index is 1.83. The number of benzene rings is 2. The molecule has 0 unspecified atom stereocenters. The van der Waals surface area contributed by atoms with Crippen LogP contribution in [0.4, 0.5) is 15.8 Å². The van der Waals surface area contributed by atoms with Gasteiger partial charge < -0.3 is 15.7 Å². The molecule has 3 N–H and O–H groups in total. The fraction of sp³-hybridized carbons (Fsp3) is 0.0952. The number of thiophene rings is 1. The standard InChI is InChI=1S/C21H12ClFN2O4S/c22-10-3-1-9(2-4-10)15-16-18(30-17(15)19(27)28)21(8-14(26)25-16)12-6-5-11(23)7-13(12)24-20(21)29/h1-7H,8H2,(H,24,29)(H,25,26)(H,27,28)/t21-/m0/s1. The molecule has 150 valence electrons. The summed E-state index contributed by atoms with van der Waals surface area (Å²) in [6, 6.07) is 10.4. The molecule has 2 aromatic carbocycles. The van der Waals surface area contributed by atoms with Crippen molar-refractivity contribution in [3.63, 3.8) is 0 Å². The molecule has 2 amide bonds. The van der Waals surface area contributed by atoms with E-state index in [-0.39, 0.29) is 22.7 Å². The van der Waals surface area contributed by atoms with Crippen molar-refractivity contribution < 1.29 is 23.9 Å². The molecule has 0 saturated carbocycles. The number of amides is 2. The van der Waals surface area contributed by atoms with E-state index in [1.54, 1.807) is 24.3 Å². The van der Waals surface area contributed by atoms with Gasteiger partial charge in [-0.3, -0.25) is 9.59 Å². The molecule has 9 heteroatoms. The second kappa shape index (κ2) is 6.38. The molecule has 3 heterocycles. The van der Waals surface area contributed by atoms with Gasteiger partial charge in [-0.1, -0.05) is 29.8 Å². The Morgan fingerprint density at radius 1 is 1.13 bits per heavy atom. The van der Waals surface area contributed by atoms with Crippen LogP contribution in [0.3, 0.4) is 0 Å². The highest BCUT2D eigenvalue weighted by Crippen LogP contribution is 2.56. The average Bonchev–Trinajstić information content (AvgIpc) is 3.19. The summed E-state index contributed by atoms with van der Waals surface area (Å²) in [6.45, 7) is 0. The van der Waals surface area contributed by atoms with Crippen molar-refractivity contribution in [3.05, 3.63) is 68.6 Å². The topological polar surface area (TPSA) is 95.5 Å². The Labute approximate surface area is 178 Å². The number of halogens is 2. The monoisotopic (exact) mass is 442 g/mol. The second-order valence-electron chi connectivity index (χ2n) is 7.10. The Bertz CT molecular complexity index is 1270. The van der Waals surface area contributed by atoms with Crippen LogP contribution in [0.2, 0.25) is 5.02 Å². The van der Waals surface area contributed by atoms with E-state index < -0.39 is 29.0 Å². The van der Waals surface area contributed by atoms with Crippen LogP contribution in [0, 0.1) is 5.82 Å². The SMILES string of the molecule is O=C1C[C@@]2(C(=O)Nc3cc(F)ccc32)c2sc(C(=O)O)c(-c3ccc(Cl)cc3)c2N1. The summed E-state index contributed by atoms with van der Waals surface area (Å²) >= 11 is 6.90. The molecule has 30 heavy (non-hydrogen) atoms. The fourth-order valence-corrected chi connectivity index (χ4v) is 5.59. The van der Waals surface area contributed by atoms with Gasteiger partial charge in [0.1, 0.15) is 16.1 Å². The lowest BCUT2D eigenvalue weighted by atomic mass is 9.74. The maximum absolute atomic E-state index is 13.7. The Morgan fingerprint density at radius 3 is 2.57 bits per heavy atom. The molecule has 1 spiro atoms. The lowest BCUT2D eigenvalue weighted by molar-refractivity contribution is -0.125. The molecule has 6 nitrogen and oxygen atoms in total. The van der Waals surface area contributed by atoms with Crippen LogP contribution in [0.25, 0.3) is 11.1 Å². The van der Waals surface area contributed by atoms with E-state index in [0.717, 1.165) is 11.3 Å². The summed E-state index contributed by atoms with van der Waals surface area (Å²) in [4.78, 5) is 38.3. The summed E-state index contributed by atoms with van der Waals surface area (Å²) in [7, 11) is 0. The summed E-state index contributed by atoms with van der Waals surface area (Å²) in [5.74, 6) is -2.62. The molecule has 1 aromatic heterocycles. The van der Waals surface area contributed by atoms with Crippen molar-refractivity contribution in [2.24, 2.45) is 0 Å². The quantitative estimate of drug-likeness (QED) is 0.545. The number of rotatable bonds is 2. The number of carbonyl (C=O) groups is 3. The van der Waals surface area contributed by atoms with Crippen molar-refractivity contribution in [2.45, 2.75) is 11.8 Å².